The first kappa shape index (κ1) is 8.27. The molecule has 1 atom stereocenters. The fourth-order valence-corrected chi connectivity index (χ4v) is 2.90. The zero-order chi connectivity index (χ0) is 8.55. The second-order valence-electron chi connectivity index (χ2n) is 3.51. The number of hydrogen-bond acceptors (Lipinski definition) is 2. The summed E-state index contributed by atoms with van der Waals surface area (Å²) in [4.78, 5) is 1.61. The van der Waals surface area contributed by atoms with E-state index in [0.29, 0.717) is 0 Å². The summed E-state index contributed by atoms with van der Waals surface area (Å²) in [6, 6.07) is 0.718. The van der Waals surface area contributed by atoms with Gasteiger partial charge in [-0.25, -0.2) is 0 Å². The Morgan fingerprint density at radius 1 is 1.67 bits per heavy atom. The molecule has 1 aliphatic rings. The maximum absolute atomic E-state index is 3.56. The molecule has 1 nitrogen and oxygen atoms in total. The lowest BCUT2D eigenvalue weighted by atomic mass is 10.0. The molecule has 0 spiro atoms. The largest absolute Gasteiger partial charge is 0.310 e. The predicted octanol–water partition coefficient (Wildman–Crippen LogP) is 2.48. The van der Waals surface area contributed by atoms with Crippen molar-refractivity contribution in [1.82, 2.24) is 5.32 Å². The minimum Gasteiger partial charge on any atom is -0.310 e. The fourth-order valence-electron chi connectivity index (χ4n) is 1.76. The van der Waals surface area contributed by atoms with Crippen LogP contribution < -0.4 is 5.32 Å². The summed E-state index contributed by atoms with van der Waals surface area (Å²) >= 11 is 1.93. The number of aryl methyl sites for hydroxylation is 1. The third-order valence-electron chi connectivity index (χ3n) is 2.68. The van der Waals surface area contributed by atoms with Crippen molar-refractivity contribution >= 4 is 11.3 Å². The summed E-state index contributed by atoms with van der Waals surface area (Å²) in [6.07, 6.45) is 2.49. The van der Waals surface area contributed by atoms with Crippen LogP contribution in [0.2, 0.25) is 0 Å². The van der Waals surface area contributed by atoms with Gasteiger partial charge < -0.3 is 5.32 Å². The van der Waals surface area contributed by atoms with Crippen LogP contribution in [0.5, 0.6) is 0 Å². The Bertz CT molecular complexity index is 277. The van der Waals surface area contributed by atoms with Gasteiger partial charge in [-0.1, -0.05) is 6.92 Å². The highest BCUT2D eigenvalue weighted by atomic mass is 32.1. The zero-order valence-corrected chi connectivity index (χ0v) is 8.50. The van der Waals surface area contributed by atoms with Gasteiger partial charge in [0.1, 0.15) is 0 Å². The predicted molar refractivity (Wildman–Crippen MR) is 53.7 cm³/mol. The minimum absolute atomic E-state index is 0.718. The van der Waals surface area contributed by atoms with E-state index < -0.39 is 0 Å². The monoisotopic (exact) mass is 181 g/mol. The SMILES string of the molecule is CCC1Cc2scc(C)c2CN1. The Labute approximate surface area is 77.8 Å². The lowest BCUT2D eigenvalue weighted by Crippen LogP contribution is -2.34. The maximum atomic E-state index is 3.56. The van der Waals surface area contributed by atoms with Crippen molar-refractivity contribution in [3.8, 4) is 0 Å². The molecule has 1 N–H and O–H groups in total. The van der Waals surface area contributed by atoms with Crippen LogP contribution in [0.15, 0.2) is 5.38 Å². The molecule has 0 radical (unpaired) electrons. The van der Waals surface area contributed by atoms with Crippen molar-refractivity contribution in [3.05, 3.63) is 21.4 Å². The van der Waals surface area contributed by atoms with E-state index in [1.165, 1.54) is 18.4 Å². The number of rotatable bonds is 1. The highest BCUT2D eigenvalue weighted by Crippen LogP contribution is 2.27. The Kier molecular flexibility index (Phi) is 2.20. The Morgan fingerprint density at radius 3 is 3.25 bits per heavy atom. The summed E-state index contributed by atoms with van der Waals surface area (Å²) in [6.45, 7) is 5.55. The molecule has 1 aliphatic heterocycles. The van der Waals surface area contributed by atoms with Crippen molar-refractivity contribution in [2.24, 2.45) is 0 Å². The van der Waals surface area contributed by atoms with Gasteiger partial charge in [-0.15, -0.1) is 11.3 Å². The smallest absolute Gasteiger partial charge is 0.0221 e. The van der Waals surface area contributed by atoms with Gasteiger partial charge in [-0.2, -0.15) is 0 Å². The van der Waals surface area contributed by atoms with Gasteiger partial charge in [0.15, 0.2) is 0 Å². The highest BCUT2D eigenvalue weighted by molar-refractivity contribution is 7.10. The number of thiophene rings is 1. The molecule has 66 valence electrons. The van der Waals surface area contributed by atoms with Crippen LogP contribution in [0.25, 0.3) is 0 Å². The van der Waals surface area contributed by atoms with Crippen molar-refractivity contribution < 1.29 is 0 Å². The number of nitrogens with one attached hydrogen (secondary N) is 1. The Balaban J connectivity index is 2.24. The van der Waals surface area contributed by atoms with Gasteiger partial charge in [-0.3, -0.25) is 0 Å². The molecule has 0 bridgehead atoms. The first-order chi connectivity index (χ1) is 5.81. The summed E-state index contributed by atoms with van der Waals surface area (Å²) < 4.78 is 0. The van der Waals surface area contributed by atoms with Crippen molar-refractivity contribution in [2.75, 3.05) is 0 Å². The molecule has 0 fully saturated rings. The van der Waals surface area contributed by atoms with Crippen LogP contribution in [0.3, 0.4) is 0 Å². The van der Waals surface area contributed by atoms with E-state index >= 15 is 0 Å². The lowest BCUT2D eigenvalue weighted by Gasteiger charge is -2.22. The van der Waals surface area contributed by atoms with Crippen LogP contribution in [-0.2, 0) is 13.0 Å². The molecule has 0 aromatic carbocycles. The number of fused-ring (bicyclic) bond motifs is 1. The average Bonchev–Trinajstić information content (AvgIpc) is 2.47. The van der Waals surface area contributed by atoms with Gasteiger partial charge >= 0.3 is 0 Å². The Hall–Kier alpha value is -0.340. The summed E-state index contributed by atoms with van der Waals surface area (Å²) in [7, 11) is 0. The molecule has 2 rings (SSSR count). The fraction of sp³-hybridized carbons (Fsp3) is 0.600. The first-order valence-corrected chi connectivity index (χ1v) is 5.48. The third kappa shape index (κ3) is 1.29. The van der Waals surface area contributed by atoms with Gasteiger partial charge in [-0.05, 0) is 36.3 Å². The van der Waals surface area contributed by atoms with E-state index in [-0.39, 0.29) is 0 Å². The standard InChI is InChI=1S/C10H15NS/c1-3-8-4-10-9(5-11-8)7(2)6-12-10/h6,8,11H,3-5H2,1-2H3. The summed E-state index contributed by atoms with van der Waals surface area (Å²) in [5.74, 6) is 0. The van der Waals surface area contributed by atoms with Gasteiger partial charge in [0.05, 0.1) is 0 Å². The van der Waals surface area contributed by atoms with Gasteiger partial charge in [0, 0.05) is 17.5 Å². The van der Waals surface area contributed by atoms with Gasteiger partial charge in [0.2, 0.25) is 0 Å². The van der Waals surface area contributed by atoms with E-state index in [0.717, 1.165) is 12.6 Å². The van der Waals surface area contributed by atoms with Crippen LogP contribution in [0.4, 0.5) is 0 Å². The van der Waals surface area contributed by atoms with Crippen LogP contribution in [0.1, 0.15) is 29.3 Å². The third-order valence-corrected chi connectivity index (χ3v) is 3.85. The molecular weight excluding hydrogens is 166 g/mol. The summed E-state index contributed by atoms with van der Waals surface area (Å²) in [5, 5.41) is 5.84. The second kappa shape index (κ2) is 3.19. The van der Waals surface area contributed by atoms with Gasteiger partial charge in [0.25, 0.3) is 0 Å². The average molecular weight is 181 g/mol. The lowest BCUT2D eigenvalue weighted by molar-refractivity contribution is 0.472. The molecule has 0 saturated heterocycles. The second-order valence-corrected chi connectivity index (χ2v) is 4.47. The van der Waals surface area contributed by atoms with Crippen molar-refractivity contribution in [2.45, 2.75) is 39.3 Å². The molecule has 0 amide bonds. The molecule has 2 heterocycles. The molecule has 2 heteroatoms. The highest BCUT2D eigenvalue weighted by Gasteiger charge is 2.18. The quantitative estimate of drug-likeness (QED) is 0.702. The first-order valence-electron chi connectivity index (χ1n) is 4.60. The van der Waals surface area contributed by atoms with E-state index in [1.54, 1.807) is 10.4 Å². The van der Waals surface area contributed by atoms with Crippen molar-refractivity contribution in [3.63, 3.8) is 0 Å². The topological polar surface area (TPSA) is 12.0 Å². The number of hydrogen-bond donors (Lipinski definition) is 1. The van der Waals surface area contributed by atoms with Crippen LogP contribution >= 0.6 is 11.3 Å². The van der Waals surface area contributed by atoms with E-state index in [1.807, 2.05) is 11.3 Å². The van der Waals surface area contributed by atoms with Crippen LogP contribution in [-0.4, -0.2) is 6.04 Å². The molecule has 1 aromatic heterocycles. The van der Waals surface area contributed by atoms with E-state index in [9.17, 15) is 0 Å². The molecule has 1 aromatic rings. The molecule has 1 unspecified atom stereocenters. The normalized spacial score (nSPS) is 22.3. The molecule has 12 heavy (non-hydrogen) atoms. The van der Waals surface area contributed by atoms with Crippen molar-refractivity contribution in [1.29, 1.82) is 0 Å². The zero-order valence-electron chi connectivity index (χ0n) is 7.68. The van der Waals surface area contributed by atoms with Crippen LogP contribution in [0, 0.1) is 6.92 Å². The minimum atomic E-state index is 0.718. The van der Waals surface area contributed by atoms with E-state index in [2.05, 4.69) is 24.5 Å². The van der Waals surface area contributed by atoms with E-state index in [4.69, 9.17) is 0 Å². The Morgan fingerprint density at radius 2 is 2.50 bits per heavy atom. The maximum Gasteiger partial charge on any atom is 0.0221 e. The molecule has 0 saturated carbocycles. The molecule has 0 aliphatic carbocycles. The summed E-state index contributed by atoms with van der Waals surface area (Å²) in [5.41, 5.74) is 3.03. The molecular formula is C10H15NS.